The summed E-state index contributed by atoms with van der Waals surface area (Å²) in [5, 5.41) is 7.83. The molecule has 1 aromatic heterocycles. The van der Waals surface area contributed by atoms with Gasteiger partial charge in [-0.2, -0.15) is 5.10 Å². The molecular formula is C18H15F2N3. The number of nitrogens with one attached hydrogen (secondary N) is 1. The molecule has 1 aliphatic rings. The van der Waals surface area contributed by atoms with Crippen molar-refractivity contribution < 1.29 is 8.78 Å². The van der Waals surface area contributed by atoms with Crippen LogP contribution in [0.2, 0.25) is 0 Å². The highest BCUT2D eigenvalue weighted by Crippen LogP contribution is 2.30. The Morgan fingerprint density at radius 2 is 1.91 bits per heavy atom. The van der Waals surface area contributed by atoms with Crippen molar-refractivity contribution in [3.05, 3.63) is 77.0 Å². The van der Waals surface area contributed by atoms with Gasteiger partial charge in [0.1, 0.15) is 17.3 Å². The van der Waals surface area contributed by atoms with Crippen LogP contribution < -0.4 is 5.32 Å². The van der Waals surface area contributed by atoms with Gasteiger partial charge in [-0.3, -0.25) is 0 Å². The molecule has 2 heterocycles. The molecule has 2 aromatic carbocycles. The first-order chi connectivity index (χ1) is 11.2. The number of nitrogens with zero attached hydrogens (tertiary/aromatic N) is 2. The van der Waals surface area contributed by atoms with E-state index >= 15 is 0 Å². The monoisotopic (exact) mass is 311 g/mol. The lowest BCUT2D eigenvalue weighted by molar-refractivity contribution is 0.573. The first kappa shape index (κ1) is 13.9. The third-order valence-electron chi connectivity index (χ3n) is 4.09. The van der Waals surface area contributed by atoms with E-state index in [0.717, 1.165) is 41.7 Å². The van der Waals surface area contributed by atoms with E-state index in [0.29, 0.717) is 6.42 Å². The van der Waals surface area contributed by atoms with Crippen LogP contribution in [0.5, 0.6) is 0 Å². The molecule has 0 fully saturated rings. The zero-order chi connectivity index (χ0) is 15.8. The fourth-order valence-electron chi connectivity index (χ4n) is 3.00. The predicted molar refractivity (Wildman–Crippen MR) is 84.9 cm³/mol. The van der Waals surface area contributed by atoms with Crippen LogP contribution in [0.3, 0.4) is 0 Å². The van der Waals surface area contributed by atoms with Gasteiger partial charge in [0.2, 0.25) is 0 Å². The molecule has 0 bridgehead atoms. The van der Waals surface area contributed by atoms with Crippen LogP contribution in [0.15, 0.2) is 48.5 Å². The van der Waals surface area contributed by atoms with Crippen LogP contribution in [0.4, 0.5) is 14.6 Å². The molecule has 1 aliphatic heterocycles. The van der Waals surface area contributed by atoms with E-state index in [1.165, 1.54) is 12.1 Å². The fourth-order valence-corrected chi connectivity index (χ4v) is 3.00. The number of fused-ring (bicyclic) bond motifs is 1. The van der Waals surface area contributed by atoms with Crippen molar-refractivity contribution in [2.75, 3.05) is 11.9 Å². The SMILES string of the molecule is Fc1ccc(-n2nc(Cc3ccccc3)c3c2NCC3)c(F)c1. The van der Waals surface area contributed by atoms with Gasteiger partial charge in [-0.15, -0.1) is 0 Å². The molecule has 0 saturated carbocycles. The summed E-state index contributed by atoms with van der Waals surface area (Å²) in [7, 11) is 0. The maximum Gasteiger partial charge on any atom is 0.151 e. The number of anilines is 1. The number of halogens is 2. The second kappa shape index (κ2) is 5.50. The molecule has 23 heavy (non-hydrogen) atoms. The van der Waals surface area contributed by atoms with Crippen LogP contribution in [0.25, 0.3) is 5.69 Å². The Hall–Kier alpha value is -2.69. The summed E-state index contributed by atoms with van der Waals surface area (Å²) in [4.78, 5) is 0. The molecule has 0 aliphatic carbocycles. The molecule has 3 aromatic rings. The van der Waals surface area contributed by atoms with E-state index in [9.17, 15) is 8.78 Å². The minimum atomic E-state index is -0.615. The van der Waals surface area contributed by atoms with E-state index in [1.807, 2.05) is 30.3 Å². The summed E-state index contributed by atoms with van der Waals surface area (Å²) in [6.45, 7) is 0.803. The highest BCUT2D eigenvalue weighted by molar-refractivity contribution is 5.57. The molecule has 0 unspecified atom stereocenters. The molecule has 0 spiro atoms. The van der Waals surface area contributed by atoms with E-state index in [4.69, 9.17) is 0 Å². The topological polar surface area (TPSA) is 29.9 Å². The van der Waals surface area contributed by atoms with Crippen LogP contribution in [-0.4, -0.2) is 16.3 Å². The fraction of sp³-hybridized carbons (Fsp3) is 0.167. The third kappa shape index (κ3) is 2.48. The summed E-state index contributed by atoms with van der Waals surface area (Å²) in [6.07, 6.45) is 1.56. The second-order valence-corrected chi connectivity index (χ2v) is 5.62. The lowest BCUT2D eigenvalue weighted by atomic mass is 10.1. The number of hydrogen-bond acceptors (Lipinski definition) is 2. The third-order valence-corrected chi connectivity index (χ3v) is 4.09. The van der Waals surface area contributed by atoms with E-state index in [-0.39, 0.29) is 5.69 Å². The van der Waals surface area contributed by atoms with E-state index in [1.54, 1.807) is 4.68 Å². The Morgan fingerprint density at radius 3 is 2.70 bits per heavy atom. The number of aromatic nitrogens is 2. The van der Waals surface area contributed by atoms with Crippen molar-refractivity contribution in [3.8, 4) is 5.69 Å². The Kier molecular flexibility index (Phi) is 3.33. The molecule has 0 saturated heterocycles. The predicted octanol–water partition coefficient (Wildman–Crippen LogP) is 3.71. The first-order valence-corrected chi connectivity index (χ1v) is 7.56. The number of hydrogen-bond donors (Lipinski definition) is 1. The minimum absolute atomic E-state index is 0.261. The quantitative estimate of drug-likeness (QED) is 0.799. The molecule has 0 atom stereocenters. The maximum absolute atomic E-state index is 14.1. The Bertz CT molecular complexity index is 856. The van der Waals surface area contributed by atoms with Gasteiger partial charge >= 0.3 is 0 Å². The van der Waals surface area contributed by atoms with Crippen LogP contribution in [0.1, 0.15) is 16.8 Å². The summed E-state index contributed by atoms with van der Waals surface area (Å²) in [6, 6.07) is 13.6. The molecular weight excluding hydrogens is 296 g/mol. The van der Waals surface area contributed by atoms with E-state index in [2.05, 4.69) is 10.4 Å². The lowest BCUT2D eigenvalue weighted by Crippen LogP contribution is -2.07. The lowest BCUT2D eigenvalue weighted by Gasteiger charge is -2.07. The average molecular weight is 311 g/mol. The Labute approximate surface area is 132 Å². The molecule has 0 amide bonds. The molecule has 5 heteroatoms. The van der Waals surface area contributed by atoms with Crippen molar-refractivity contribution in [1.82, 2.24) is 9.78 Å². The van der Waals surface area contributed by atoms with Gasteiger partial charge in [0.05, 0.1) is 5.69 Å². The van der Waals surface area contributed by atoms with E-state index < -0.39 is 11.6 Å². The number of rotatable bonds is 3. The van der Waals surface area contributed by atoms with Gasteiger partial charge < -0.3 is 5.32 Å². The van der Waals surface area contributed by atoms with Crippen LogP contribution in [0, 0.1) is 11.6 Å². The smallest absolute Gasteiger partial charge is 0.151 e. The summed E-state index contributed by atoms with van der Waals surface area (Å²) in [5.41, 5.74) is 3.46. The van der Waals surface area contributed by atoms with Gasteiger partial charge in [-0.1, -0.05) is 30.3 Å². The molecule has 116 valence electrons. The van der Waals surface area contributed by atoms with Crippen molar-refractivity contribution in [2.24, 2.45) is 0 Å². The van der Waals surface area contributed by atoms with Crippen molar-refractivity contribution in [3.63, 3.8) is 0 Å². The molecule has 4 rings (SSSR count). The largest absolute Gasteiger partial charge is 0.369 e. The summed E-state index contributed by atoms with van der Waals surface area (Å²) in [5.74, 6) is -0.399. The number of benzene rings is 2. The van der Waals surface area contributed by atoms with Gasteiger partial charge in [0.15, 0.2) is 5.82 Å². The molecule has 1 N–H and O–H groups in total. The van der Waals surface area contributed by atoms with Crippen molar-refractivity contribution >= 4 is 5.82 Å². The summed E-state index contributed by atoms with van der Waals surface area (Å²) < 4.78 is 28.8. The zero-order valence-electron chi connectivity index (χ0n) is 12.4. The van der Waals surface area contributed by atoms with Gasteiger partial charge in [-0.05, 0) is 24.1 Å². The van der Waals surface area contributed by atoms with Crippen LogP contribution >= 0.6 is 0 Å². The Balaban J connectivity index is 1.78. The average Bonchev–Trinajstić information content (AvgIpc) is 3.13. The molecule has 3 nitrogen and oxygen atoms in total. The normalized spacial score (nSPS) is 13.0. The van der Waals surface area contributed by atoms with Crippen molar-refractivity contribution in [2.45, 2.75) is 12.8 Å². The van der Waals surface area contributed by atoms with Crippen molar-refractivity contribution in [1.29, 1.82) is 0 Å². The highest BCUT2D eigenvalue weighted by atomic mass is 19.1. The zero-order valence-corrected chi connectivity index (χ0v) is 12.4. The second-order valence-electron chi connectivity index (χ2n) is 5.62. The summed E-state index contributed by atoms with van der Waals surface area (Å²) >= 11 is 0. The van der Waals surface area contributed by atoms with Crippen LogP contribution in [-0.2, 0) is 12.8 Å². The van der Waals surface area contributed by atoms with Gasteiger partial charge in [0, 0.05) is 24.6 Å². The highest BCUT2D eigenvalue weighted by Gasteiger charge is 2.24. The minimum Gasteiger partial charge on any atom is -0.369 e. The first-order valence-electron chi connectivity index (χ1n) is 7.56. The maximum atomic E-state index is 14.1. The van der Waals surface area contributed by atoms with Gasteiger partial charge in [0.25, 0.3) is 0 Å². The van der Waals surface area contributed by atoms with Gasteiger partial charge in [-0.25, -0.2) is 13.5 Å². The standard InChI is InChI=1S/C18H15F2N3/c19-13-6-7-17(15(20)11-13)23-18-14(8-9-21-18)16(22-23)10-12-4-2-1-3-5-12/h1-7,11,21H,8-10H2. The molecule has 0 radical (unpaired) electrons. The Morgan fingerprint density at radius 1 is 1.09 bits per heavy atom.